The maximum absolute atomic E-state index is 12.7. The summed E-state index contributed by atoms with van der Waals surface area (Å²) < 4.78 is 10.3. The summed E-state index contributed by atoms with van der Waals surface area (Å²) in [5.74, 6) is 0.201. The van der Waals surface area contributed by atoms with Crippen molar-refractivity contribution in [2.45, 2.75) is 19.5 Å². The number of anilines is 2. The Labute approximate surface area is 190 Å². The van der Waals surface area contributed by atoms with Gasteiger partial charge in [-0.1, -0.05) is 35.9 Å². The minimum atomic E-state index is -0.394. The van der Waals surface area contributed by atoms with Crippen molar-refractivity contribution in [3.8, 4) is 5.88 Å². The maximum atomic E-state index is 12.7. The van der Waals surface area contributed by atoms with Crippen molar-refractivity contribution in [3.05, 3.63) is 76.6 Å². The molecule has 1 amide bonds. The van der Waals surface area contributed by atoms with Crippen molar-refractivity contribution >= 4 is 35.0 Å². The van der Waals surface area contributed by atoms with E-state index in [0.29, 0.717) is 34.5 Å². The highest BCUT2D eigenvalue weighted by atomic mass is 35.5. The predicted octanol–water partition coefficient (Wildman–Crippen LogP) is 4.02. The van der Waals surface area contributed by atoms with Gasteiger partial charge in [-0.2, -0.15) is 4.98 Å². The minimum absolute atomic E-state index is 0.103. The van der Waals surface area contributed by atoms with Gasteiger partial charge in [0.05, 0.1) is 25.3 Å². The highest BCUT2D eigenvalue weighted by Gasteiger charge is 2.31. The Morgan fingerprint density at radius 3 is 2.75 bits per heavy atom. The Balaban J connectivity index is 1.62. The number of carbonyl (C=O) groups is 2. The van der Waals surface area contributed by atoms with Gasteiger partial charge in [-0.05, 0) is 42.3 Å². The molecule has 0 unspecified atom stereocenters. The van der Waals surface area contributed by atoms with Crippen LogP contribution in [0.25, 0.3) is 0 Å². The number of nitrogens with zero attached hydrogens (tertiary/aromatic N) is 3. The van der Waals surface area contributed by atoms with Crippen molar-refractivity contribution < 1.29 is 19.1 Å². The van der Waals surface area contributed by atoms with Crippen LogP contribution in [0.3, 0.4) is 0 Å². The van der Waals surface area contributed by atoms with E-state index in [9.17, 15) is 9.59 Å². The highest BCUT2D eigenvalue weighted by molar-refractivity contribution is 6.30. The number of rotatable bonds is 6. The molecule has 0 spiro atoms. The smallest absolute Gasteiger partial charge is 0.337 e. The third-order valence-corrected chi connectivity index (χ3v) is 5.34. The molecule has 2 aromatic carbocycles. The van der Waals surface area contributed by atoms with E-state index in [0.717, 1.165) is 11.1 Å². The van der Waals surface area contributed by atoms with Crippen molar-refractivity contribution in [1.82, 2.24) is 9.97 Å². The van der Waals surface area contributed by atoms with Crippen molar-refractivity contribution in [1.29, 1.82) is 0 Å². The van der Waals surface area contributed by atoms with Crippen LogP contribution in [-0.2, 0) is 16.1 Å². The first-order chi connectivity index (χ1) is 15.5. The van der Waals surface area contributed by atoms with Gasteiger partial charge in [-0.3, -0.25) is 9.69 Å². The van der Waals surface area contributed by atoms with Crippen LogP contribution in [-0.4, -0.2) is 35.6 Å². The lowest BCUT2D eigenvalue weighted by atomic mass is 10.1. The molecule has 164 valence electrons. The van der Waals surface area contributed by atoms with E-state index in [2.05, 4.69) is 15.3 Å². The van der Waals surface area contributed by atoms with Gasteiger partial charge in [-0.15, -0.1) is 0 Å². The number of ether oxygens (including phenoxy) is 2. The van der Waals surface area contributed by atoms with Crippen LogP contribution >= 0.6 is 11.6 Å². The van der Waals surface area contributed by atoms with Gasteiger partial charge in [-0.25, -0.2) is 9.78 Å². The summed E-state index contributed by atoms with van der Waals surface area (Å²) in [4.78, 5) is 34.6. The fourth-order valence-electron chi connectivity index (χ4n) is 3.45. The molecule has 1 aromatic heterocycles. The summed E-state index contributed by atoms with van der Waals surface area (Å²) in [6.45, 7) is 2.16. The molecule has 1 atom stereocenters. The van der Waals surface area contributed by atoms with Gasteiger partial charge >= 0.3 is 5.97 Å². The number of carbonyl (C=O) groups excluding carboxylic acids is 2. The first-order valence-corrected chi connectivity index (χ1v) is 10.3. The van der Waals surface area contributed by atoms with E-state index >= 15 is 0 Å². The van der Waals surface area contributed by atoms with Crippen LogP contribution in [0.1, 0.15) is 34.5 Å². The summed E-state index contributed by atoms with van der Waals surface area (Å²) >= 11 is 6.11. The number of benzene rings is 2. The monoisotopic (exact) mass is 452 g/mol. The van der Waals surface area contributed by atoms with Crippen molar-refractivity contribution in [2.24, 2.45) is 0 Å². The van der Waals surface area contributed by atoms with E-state index in [1.54, 1.807) is 23.1 Å². The lowest BCUT2D eigenvalue weighted by Crippen LogP contribution is -2.39. The molecular weight excluding hydrogens is 432 g/mol. The van der Waals surface area contributed by atoms with E-state index in [-0.39, 0.29) is 18.6 Å². The first kappa shape index (κ1) is 21.6. The molecule has 32 heavy (non-hydrogen) atoms. The van der Waals surface area contributed by atoms with Gasteiger partial charge < -0.3 is 14.8 Å². The second-order valence-corrected chi connectivity index (χ2v) is 7.69. The maximum Gasteiger partial charge on any atom is 0.337 e. The predicted molar refractivity (Wildman–Crippen MR) is 120 cm³/mol. The SMILES string of the molecule is COC(=O)c1ccc([C@H](C)Nc2ncnc3c2N(Cc2cccc(Cl)c2)C(=O)CO3)cc1. The highest BCUT2D eigenvalue weighted by Crippen LogP contribution is 2.38. The molecule has 2 heterocycles. The third-order valence-electron chi connectivity index (χ3n) is 5.11. The van der Waals surface area contributed by atoms with Gasteiger partial charge in [0.15, 0.2) is 12.4 Å². The Bertz CT molecular complexity index is 1150. The summed E-state index contributed by atoms with van der Waals surface area (Å²) in [6.07, 6.45) is 1.39. The molecule has 0 fully saturated rings. The molecule has 0 bridgehead atoms. The average Bonchev–Trinajstić information content (AvgIpc) is 2.80. The number of fused-ring (bicyclic) bond motifs is 1. The van der Waals surface area contributed by atoms with Gasteiger partial charge in [0, 0.05) is 5.02 Å². The number of halogens is 1. The molecular formula is C23H21ClN4O4. The molecule has 1 aliphatic heterocycles. The molecule has 8 nitrogen and oxygen atoms in total. The number of esters is 1. The molecule has 0 aliphatic carbocycles. The molecule has 0 saturated carbocycles. The lowest BCUT2D eigenvalue weighted by Gasteiger charge is -2.30. The van der Waals surface area contributed by atoms with E-state index < -0.39 is 5.97 Å². The summed E-state index contributed by atoms with van der Waals surface area (Å²) in [6, 6.07) is 14.2. The normalized spacial score (nSPS) is 13.7. The molecule has 0 saturated heterocycles. The Hall–Kier alpha value is -3.65. The van der Waals surface area contributed by atoms with Crippen molar-refractivity contribution in [2.75, 3.05) is 23.9 Å². The van der Waals surface area contributed by atoms with Crippen LogP contribution in [0, 0.1) is 0 Å². The van der Waals surface area contributed by atoms with Crippen LogP contribution in [0.15, 0.2) is 54.9 Å². The third kappa shape index (κ3) is 4.50. The molecule has 3 aromatic rings. The number of amides is 1. The number of methoxy groups -OCH3 is 1. The van der Waals surface area contributed by atoms with E-state index in [1.165, 1.54) is 13.4 Å². The van der Waals surface area contributed by atoms with Gasteiger partial charge in [0.2, 0.25) is 5.88 Å². The van der Waals surface area contributed by atoms with E-state index in [4.69, 9.17) is 21.1 Å². The zero-order valence-electron chi connectivity index (χ0n) is 17.5. The Morgan fingerprint density at radius 1 is 1.25 bits per heavy atom. The zero-order chi connectivity index (χ0) is 22.7. The molecule has 4 rings (SSSR count). The van der Waals surface area contributed by atoms with Gasteiger partial charge in [0.25, 0.3) is 5.91 Å². The Kier molecular flexibility index (Phi) is 6.23. The number of hydrogen-bond donors (Lipinski definition) is 1. The lowest BCUT2D eigenvalue weighted by molar-refractivity contribution is -0.121. The fourth-order valence-corrected chi connectivity index (χ4v) is 3.66. The van der Waals surface area contributed by atoms with Crippen LogP contribution < -0.4 is 15.0 Å². The minimum Gasteiger partial charge on any atom is -0.466 e. The topological polar surface area (TPSA) is 93.6 Å². The van der Waals surface area contributed by atoms with Crippen LogP contribution in [0.2, 0.25) is 5.02 Å². The average molecular weight is 453 g/mol. The Morgan fingerprint density at radius 2 is 2.03 bits per heavy atom. The molecule has 1 N–H and O–H groups in total. The molecule has 1 aliphatic rings. The summed E-state index contributed by atoms with van der Waals surface area (Å²) in [5.41, 5.74) is 2.74. The molecule has 9 heteroatoms. The summed E-state index contributed by atoms with van der Waals surface area (Å²) in [7, 11) is 1.34. The zero-order valence-corrected chi connectivity index (χ0v) is 18.3. The van der Waals surface area contributed by atoms with E-state index in [1.807, 2.05) is 37.3 Å². The fraction of sp³-hybridized carbons (Fsp3) is 0.217. The second kappa shape index (κ2) is 9.23. The number of aromatic nitrogens is 2. The first-order valence-electron chi connectivity index (χ1n) is 9.93. The largest absolute Gasteiger partial charge is 0.466 e. The number of hydrogen-bond acceptors (Lipinski definition) is 7. The standard InChI is InChI=1S/C23H21ClN4O4/c1-14(16-6-8-17(9-7-16)23(30)31-2)27-21-20-22(26-13-25-21)32-12-19(29)28(20)11-15-4-3-5-18(24)10-15/h3-10,13-14H,11-12H2,1-2H3,(H,25,26,27)/t14-/m0/s1. The number of nitrogens with one attached hydrogen (secondary N) is 1. The van der Waals surface area contributed by atoms with Gasteiger partial charge in [0.1, 0.15) is 12.0 Å². The van der Waals surface area contributed by atoms with Crippen LogP contribution in [0.5, 0.6) is 5.88 Å². The molecule has 0 radical (unpaired) electrons. The van der Waals surface area contributed by atoms with Crippen LogP contribution in [0.4, 0.5) is 11.5 Å². The quantitative estimate of drug-likeness (QED) is 0.564. The summed E-state index contributed by atoms with van der Waals surface area (Å²) in [5, 5.41) is 3.92. The second-order valence-electron chi connectivity index (χ2n) is 7.25. The van der Waals surface area contributed by atoms with Crippen molar-refractivity contribution in [3.63, 3.8) is 0 Å².